The number of urea groups is 1. The van der Waals surface area contributed by atoms with Gasteiger partial charge in [-0.15, -0.1) is 0 Å². The van der Waals surface area contributed by atoms with Gasteiger partial charge in [0.1, 0.15) is 0 Å². The first kappa shape index (κ1) is 20.2. The number of unbranched alkanes of at least 4 members (excludes halogenated alkanes) is 3. The van der Waals surface area contributed by atoms with Crippen molar-refractivity contribution in [1.82, 2.24) is 14.8 Å². The van der Waals surface area contributed by atoms with E-state index in [2.05, 4.69) is 48.0 Å². The summed E-state index contributed by atoms with van der Waals surface area (Å²) >= 11 is 0. The van der Waals surface area contributed by atoms with Crippen LogP contribution >= 0.6 is 0 Å². The van der Waals surface area contributed by atoms with Gasteiger partial charge in [-0.25, -0.2) is 4.79 Å². The zero-order chi connectivity index (χ0) is 20.1. The molecule has 3 rings (SSSR count). The fraction of sp³-hybridized carbons (Fsp3) is 0.545. The van der Waals surface area contributed by atoms with Crippen molar-refractivity contribution in [2.45, 2.75) is 65.0 Å². The van der Waals surface area contributed by atoms with E-state index in [4.69, 9.17) is 5.11 Å². The second-order valence-corrected chi connectivity index (χ2v) is 7.87. The Morgan fingerprint density at radius 3 is 2.64 bits per heavy atom. The number of aliphatic carboxylic acids is 1. The van der Waals surface area contributed by atoms with E-state index in [1.807, 2.05) is 4.90 Å². The lowest BCUT2D eigenvalue weighted by Gasteiger charge is -2.29. The molecule has 0 radical (unpaired) electrons. The largest absolute Gasteiger partial charge is 0.481 e. The fourth-order valence-corrected chi connectivity index (χ4v) is 4.17. The minimum atomic E-state index is -0.739. The van der Waals surface area contributed by atoms with E-state index >= 15 is 0 Å². The predicted molar refractivity (Wildman–Crippen MR) is 111 cm³/mol. The van der Waals surface area contributed by atoms with Crippen molar-refractivity contribution in [3.05, 3.63) is 35.5 Å². The molecule has 2 heterocycles. The van der Waals surface area contributed by atoms with Gasteiger partial charge in [0.15, 0.2) is 0 Å². The van der Waals surface area contributed by atoms with Crippen molar-refractivity contribution in [2.24, 2.45) is 0 Å². The molecule has 28 heavy (non-hydrogen) atoms. The molecule has 0 bridgehead atoms. The summed E-state index contributed by atoms with van der Waals surface area (Å²) in [6, 6.07) is 8.87. The summed E-state index contributed by atoms with van der Waals surface area (Å²) < 4.78 is 2.41. The Kier molecular flexibility index (Phi) is 6.60. The highest BCUT2D eigenvalue weighted by Crippen LogP contribution is 2.33. The number of carbonyl (C=O) groups is 2. The van der Waals surface area contributed by atoms with Gasteiger partial charge < -0.3 is 19.9 Å². The molecule has 1 aromatic heterocycles. The Hall–Kier alpha value is -2.50. The van der Waals surface area contributed by atoms with Crippen LogP contribution in [-0.4, -0.2) is 39.7 Å². The van der Waals surface area contributed by atoms with E-state index in [0.29, 0.717) is 25.6 Å². The summed E-state index contributed by atoms with van der Waals surface area (Å²) in [5, 5.41) is 12.9. The number of amides is 2. The fourth-order valence-electron chi connectivity index (χ4n) is 4.17. The summed E-state index contributed by atoms with van der Waals surface area (Å²) in [6.07, 6.45) is 4.54. The lowest BCUT2D eigenvalue weighted by atomic mass is 10.0. The lowest BCUT2D eigenvalue weighted by Crippen LogP contribution is -2.43. The average Bonchev–Trinajstić information content (AvgIpc) is 3.00. The molecule has 0 unspecified atom stereocenters. The van der Waals surface area contributed by atoms with Crippen LogP contribution in [0.1, 0.15) is 63.3 Å². The van der Waals surface area contributed by atoms with Gasteiger partial charge in [-0.3, -0.25) is 4.79 Å². The van der Waals surface area contributed by atoms with E-state index in [9.17, 15) is 9.59 Å². The average molecular weight is 386 g/mol. The molecule has 6 nitrogen and oxygen atoms in total. The molecule has 2 N–H and O–H groups in total. The van der Waals surface area contributed by atoms with Crippen molar-refractivity contribution in [2.75, 3.05) is 13.1 Å². The van der Waals surface area contributed by atoms with Gasteiger partial charge in [0, 0.05) is 60.7 Å². The van der Waals surface area contributed by atoms with Crippen LogP contribution in [-0.2, 0) is 17.8 Å². The number of fused-ring (bicyclic) bond motifs is 3. The minimum Gasteiger partial charge on any atom is -0.481 e. The number of para-hydroxylation sites is 1. The van der Waals surface area contributed by atoms with Gasteiger partial charge in [0.25, 0.3) is 0 Å². The molecule has 1 aliphatic rings. The number of hydrogen-bond donors (Lipinski definition) is 2. The molecule has 0 saturated heterocycles. The van der Waals surface area contributed by atoms with E-state index in [0.717, 1.165) is 32.2 Å². The molecule has 2 aromatic rings. The van der Waals surface area contributed by atoms with Crippen LogP contribution in [0.15, 0.2) is 24.3 Å². The summed E-state index contributed by atoms with van der Waals surface area (Å²) in [5.74, 6) is -0.739. The monoisotopic (exact) mass is 385 g/mol. The zero-order valence-corrected chi connectivity index (χ0v) is 16.9. The highest BCUT2D eigenvalue weighted by atomic mass is 16.4. The third kappa shape index (κ3) is 4.49. The van der Waals surface area contributed by atoms with Crippen LogP contribution in [0.25, 0.3) is 10.9 Å². The second-order valence-electron chi connectivity index (χ2n) is 7.87. The summed E-state index contributed by atoms with van der Waals surface area (Å²) in [5.41, 5.74) is 3.89. The van der Waals surface area contributed by atoms with Gasteiger partial charge in [-0.05, 0) is 32.8 Å². The van der Waals surface area contributed by atoms with Gasteiger partial charge in [-0.1, -0.05) is 31.0 Å². The number of nitrogens with zero attached hydrogens (tertiary/aromatic N) is 2. The Labute approximate surface area is 166 Å². The number of carboxylic acids is 1. The molecular formula is C22H31N3O3. The number of nitrogens with one attached hydrogen (secondary N) is 1. The molecule has 0 aliphatic carbocycles. The smallest absolute Gasteiger partial charge is 0.317 e. The van der Waals surface area contributed by atoms with E-state index < -0.39 is 5.97 Å². The van der Waals surface area contributed by atoms with E-state index in [1.54, 1.807) is 0 Å². The molecule has 0 saturated carbocycles. The molecule has 1 aliphatic heterocycles. The lowest BCUT2D eigenvalue weighted by molar-refractivity contribution is -0.137. The van der Waals surface area contributed by atoms with Gasteiger partial charge >= 0.3 is 12.0 Å². The summed E-state index contributed by atoms with van der Waals surface area (Å²) in [6.45, 7) is 6.45. The maximum Gasteiger partial charge on any atom is 0.317 e. The van der Waals surface area contributed by atoms with E-state index in [-0.39, 0.29) is 12.5 Å². The summed E-state index contributed by atoms with van der Waals surface area (Å²) in [7, 11) is 0. The molecule has 2 amide bonds. The number of carboxylic acid groups (broad SMARTS) is 1. The third-order valence-electron chi connectivity index (χ3n) is 5.49. The minimum absolute atomic E-state index is 0.00226. The molecule has 0 atom stereocenters. The van der Waals surface area contributed by atoms with Crippen molar-refractivity contribution < 1.29 is 14.7 Å². The number of rotatable bonds is 8. The van der Waals surface area contributed by atoms with E-state index in [1.165, 1.54) is 22.2 Å². The highest BCUT2D eigenvalue weighted by Gasteiger charge is 2.26. The Bertz CT molecular complexity index is 841. The first-order chi connectivity index (χ1) is 13.5. The van der Waals surface area contributed by atoms with Crippen LogP contribution in [0.3, 0.4) is 0 Å². The molecule has 6 heteroatoms. The topological polar surface area (TPSA) is 74.6 Å². The third-order valence-corrected chi connectivity index (χ3v) is 5.49. The summed E-state index contributed by atoms with van der Waals surface area (Å²) in [4.78, 5) is 25.0. The highest BCUT2D eigenvalue weighted by molar-refractivity contribution is 5.87. The predicted octanol–water partition coefficient (Wildman–Crippen LogP) is 4.33. The van der Waals surface area contributed by atoms with Crippen LogP contribution in [0.5, 0.6) is 0 Å². The van der Waals surface area contributed by atoms with Gasteiger partial charge in [0.05, 0.1) is 0 Å². The molecule has 0 fully saturated rings. The maximum absolute atomic E-state index is 12.6. The normalized spacial score (nSPS) is 13.8. The first-order valence-corrected chi connectivity index (χ1v) is 10.3. The maximum atomic E-state index is 12.6. The van der Waals surface area contributed by atoms with Crippen LogP contribution < -0.4 is 5.32 Å². The Balaban J connectivity index is 1.56. The molecular weight excluding hydrogens is 354 g/mol. The molecule has 152 valence electrons. The van der Waals surface area contributed by atoms with Crippen molar-refractivity contribution in [1.29, 1.82) is 0 Å². The Morgan fingerprint density at radius 1 is 1.14 bits per heavy atom. The van der Waals surface area contributed by atoms with Crippen LogP contribution in [0, 0.1) is 0 Å². The van der Waals surface area contributed by atoms with Crippen molar-refractivity contribution >= 4 is 22.9 Å². The van der Waals surface area contributed by atoms with Crippen LogP contribution in [0.2, 0.25) is 0 Å². The van der Waals surface area contributed by atoms with Crippen molar-refractivity contribution in [3.63, 3.8) is 0 Å². The van der Waals surface area contributed by atoms with Gasteiger partial charge in [-0.2, -0.15) is 0 Å². The number of aromatic nitrogens is 1. The Morgan fingerprint density at radius 2 is 1.89 bits per heavy atom. The quantitative estimate of drug-likeness (QED) is 0.664. The molecule has 0 spiro atoms. The molecule has 1 aromatic carbocycles. The SMILES string of the molecule is CC(C)n1c2c(c3ccccc31)CN(C(=O)NCCCCCCC(=O)O)CC2. The van der Waals surface area contributed by atoms with Gasteiger partial charge in [0.2, 0.25) is 0 Å². The zero-order valence-electron chi connectivity index (χ0n) is 16.9. The van der Waals surface area contributed by atoms with Crippen molar-refractivity contribution in [3.8, 4) is 0 Å². The second kappa shape index (κ2) is 9.13. The number of carbonyl (C=O) groups excluding carboxylic acids is 1. The number of hydrogen-bond acceptors (Lipinski definition) is 2. The van der Waals surface area contributed by atoms with Crippen LogP contribution in [0.4, 0.5) is 4.79 Å². The standard InChI is InChI=1S/C22H31N3O3/c1-16(2)25-19-10-7-6-9-17(19)18-15-24(14-12-20(18)25)22(28)23-13-8-4-3-5-11-21(26)27/h6-7,9-10,16H,3-5,8,11-15H2,1-2H3,(H,23,28)(H,26,27). The first-order valence-electron chi connectivity index (χ1n) is 10.3. The number of benzene rings is 1.